The molecule has 1 aromatic carbocycles. The van der Waals surface area contributed by atoms with Gasteiger partial charge in [0.1, 0.15) is 11.6 Å². The van der Waals surface area contributed by atoms with Crippen LogP contribution in [0.15, 0.2) is 42.6 Å². The predicted molar refractivity (Wildman–Crippen MR) is 64.7 cm³/mol. The third kappa shape index (κ3) is 2.64. The van der Waals surface area contributed by atoms with Gasteiger partial charge in [0.05, 0.1) is 5.02 Å². The molecule has 1 aromatic heterocycles. The molecule has 4 heteroatoms. The number of aromatic nitrogens is 1. The van der Waals surface area contributed by atoms with E-state index in [9.17, 15) is 5.11 Å². The van der Waals surface area contributed by atoms with Gasteiger partial charge in [-0.05, 0) is 29.8 Å². The molecule has 0 amide bonds. The number of aromatic hydroxyl groups is 1. The number of phenolic OH excluding ortho intramolecular Hbond substituents is 1. The van der Waals surface area contributed by atoms with Crippen molar-refractivity contribution in [3.05, 3.63) is 53.2 Å². The number of nitrogens with one attached hydrogen (secondary N) is 1. The fourth-order valence-electron chi connectivity index (χ4n) is 1.32. The van der Waals surface area contributed by atoms with Gasteiger partial charge in [0, 0.05) is 12.7 Å². The Morgan fingerprint density at radius 2 is 2.12 bits per heavy atom. The van der Waals surface area contributed by atoms with Crippen molar-refractivity contribution in [1.82, 2.24) is 4.98 Å². The van der Waals surface area contributed by atoms with Gasteiger partial charge < -0.3 is 10.4 Å². The molecule has 0 saturated carbocycles. The van der Waals surface area contributed by atoms with Crippen LogP contribution in [-0.4, -0.2) is 10.1 Å². The maximum absolute atomic E-state index is 9.26. The van der Waals surface area contributed by atoms with Crippen LogP contribution in [0.5, 0.6) is 5.75 Å². The number of phenols is 1. The zero-order valence-corrected chi connectivity index (χ0v) is 9.28. The molecule has 0 aliphatic carbocycles. The predicted octanol–water partition coefficient (Wildman–Crippen LogP) is 3.05. The third-order valence-electron chi connectivity index (χ3n) is 2.15. The highest BCUT2D eigenvalue weighted by Gasteiger charge is 2.00. The molecule has 0 unspecified atom stereocenters. The summed E-state index contributed by atoms with van der Waals surface area (Å²) in [7, 11) is 0. The van der Waals surface area contributed by atoms with E-state index in [-0.39, 0.29) is 5.75 Å². The van der Waals surface area contributed by atoms with Gasteiger partial charge in [-0.1, -0.05) is 23.7 Å². The molecule has 3 nitrogen and oxygen atoms in total. The van der Waals surface area contributed by atoms with Crippen molar-refractivity contribution in [3.63, 3.8) is 0 Å². The first-order valence-electron chi connectivity index (χ1n) is 4.88. The molecule has 82 valence electrons. The van der Waals surface area contributed by atoms with E-state index in [1.807, 2.05) is 24.3 Å². The summed E-state index contributed by atoms with van der Waals surface area (Å²) in [6, 6.07) is 10.8. The van der Waals surface area contributed by atoms with Crippen molar-refractivity contribution >= 4 is 17.4 Å². The van der Waals surface area contributed by atoms with Crippen LogP contribution < -0.4 is 5.32 Å². The molecule has 0 spiro atoms. The van der Waals surface area contributed by atoms with Crippen LogP contribution in [0, 0.1) is 0 Å². The number of pyridine rings is 1. The Labute approximate surface area is 98.7 Å². The first-order chi connectivity index (χ1) is 7.75. The quantitative estimate of drug-likeness (QED) is 0.858. The average molecular weight is 235 g/mol. The lowest BCUT2D eigenvalue weighted by Crippen LogP contribution is -2.00. The number of rotatable bonds is 3. The maximum atomic E-state index is 9.26. The fraction of sp³-hybridized carbons (Fsp3) is 0.0833. The monoisotopic (exact) mass is 234 g/mol. The topological polar surface area (TPSA) is 45.1 Å². The molecule has 2 aromatic rings. The van der Waals surface area contributed by atoms with E-state index in [0.717, 1.165) is 11.4 Å². The minimum Gasteiger partial charge on any atom is -0.506 e. The molecule has 0 bridgehead atoms. The summed E-state index contributed by atoms with van der Waals surface area (Å²) in [5, 5.41) is 12.8. The maximum Gasteiger partial charge on any atom is 0.134 e. The molecule has 0 radical (unpaired) electrons. The van der Waals surface area contributed by atoms with Gasteiger partial charge in [-0.3, -0.25) is 0 Å². The average Bonchev–Trinajstić information content (AvgIpc) is 2.32. The molecule has 0 aliphatic rings. The highest BCUT2D eigenvalue weighted by atomic mass is 35.5. The Bertz CT molecular complexity index is 474. The van der Waals surface area contributed by atoms with E-state index >= 15 is 0 Å². The number of halogens is 1. The third-order valence-corrected chi connectivity index (χ3v) is 2.45. The van der Waals surface area contributed by atoms with Gasteiger partial charge in [0.25, 0.3) is 0 Å². The molecule has 1 heterocycles. The van der Waals surface area contributed by atoms with E-state index in [0.29, 0.717) is 11.6 Å². The summed E-state index contributed by atoms with van der Waals surface area (Å²) in [6.07, 6.45) is 1.73. The van der Waals surface area contributed by atoms with Gasteiger partial charge in [-0.25, -0.2) is 4.98 Å². The zero-order valence-electron chi connectivity index (χ0n) is 8.52. The lowest BCUT2D eigenvalue weighted by Gasteiger charge is -2.06. The van der Waals surface area contributed by atoms with E-state index in [1.54, 1.807) is 18.3 Å². The number of anilines is 1. The lowest BCUT2D eigenvalue weighted by molar-refractivity contribution is 0.475. The minimum absolute atomic E-state index is 0.100. The van der Waals surface area contributed by atoms with Crippen LogP contribution in [0.4, 0.5) is 5.82 Å². The van der Waals surface area contributed by atoms with Gasteiger partial charge in [0.15, 0.2) is 0 Å². The molecule has 0 saturated heterocycles. The first kappa shape index (κ1) is 10.8. The summed E-state index contributed by atoms with van der Waals surface area (Å²) >= 11 is 5.80. The van der Waals surface area contributed by atoms with Crippen LogP contribution in [0.2, 0.25) is 5.02 Å². The van der Waals surface area contributed by atoms with Crippen molar-refractivity contribution < 1.29 is 5.11 Å². The van der Waals surface area contributed by atoms with Crippen molar-refractivity contribution in [2.24, 2.45) is 0 Å². The SMILES string of the molecule is Oc1ccc(CNc2ccccn2)cc1Cl. The zero-order chi connectivity index (χ0) is 11.4. The Hall–Kier alpha value is -1.74. The Kier molecular flexibility index (Phi) is 3.27. The molecule has 0 atom stereocenters. The van der Waals surface area contributed by atoms with Gasteiger partial charge in [-0.2, -0.15) is 0 Å². The summed E-state index contributed by atoms with van der Waals surface area (Å²) in [5.41, 5.74) is 0.994. The molecule has 2 N–H and O–H groups in total. The van der Waals surface area contributed by atoms with Crippen LogP contribution in [0.3, 0.4) is 0 Å². The number of nitrogens with zero attached hydrogens (tertiary/aromatic N) is 1. The van der Waals surface area contributed by atoms with Crippen molar-refractivity contribution in [1.29, 1.82) is 0 Å². The van der Waals surface area contributed by atoms with Crippen LogP contribution in [0.25, 0.3) is 0 Å². The van der Waals surface area contributed by atoms with E-state index in [4.69, 9.17) is 11.6 Å². The minimum atomic E-state index is 0.100. The molecular formula is C12H11ClN2O. The summed E-state index contributed by atoms with van der Waals surface area (Å²) in [5.74, 6) is 0.912. The highest BCUT2D eigenvalue weighted by molar-refractivity contribution is 6.32. The molecule has 2 rings (SSSR count). The Morgan fingerprint density at radius 3 is 2.81 bits per heavy atom. The van der Waals surface area contributed by atoms with Gasteiger partial charge >= 0.3 is 0 Å². The van der Waals surface area contributed by atoms with Gasteiger partial charge in [-0.15, -0.1) is 0 Å². The lowest BCUT2D eigenvalue weighted by atomic mass is 10.2. The van der Waals surface area contributed by atoms with E-state index in [2.05, 4.69) is 10.3 Å². The first-order valence-corrected chi connectivity index (χ1v) is 5.26. The molecular weight excluding hydrogens is 224 g/mol. The molecule has 16 heavy (non-hydrogen) atoms. The summed E-state index contributed by atoms with van der Waals surface area (Å²) < 4.78 is 0. The van der Waals surface area contributed by atoms with Crippen molar-refractivity contribution in [3.8, 4) is 5.75 Å². The number of benzene rings is 1. The second-order valence-electron chi connectivity index (χ2n) is 3.35. The number of hydrogen-bond donors (Lipinski definition) is 2. The van der Waals surface area contributed by atoms with Crippen LogP contribution in [-0.2, 0) is 6.54 Å². The smallest absolute Gasteiger partial charge is 0.134 e. The summed E-state index contributed by atoms with van der Waals surface area (Å²) in [6.45, 7) is 0.622. The normalized spacial score (nSPS) is 10.1. The van der Waals surface area contributed by atoms with Crippen molar-refractivity contribution in [2.45, 2.75) is 6.54 Å². The Morgan fingerprint density at radius 1 is 1.25 bits per heavy atom. The summed E-state index contributed by atoms with van der Waals surface area (Å²) in [4.78, 5) is 4.14. The second-order valence-corrected chi connectivity index (χ2v) is 3.76. The van der Waals surface area contributed by atoms with E-state index < -0.39 is 0 Å². The van der Waals surface area contributed by atoms with Crippen LogP contribution in [0.1, 0.15) is 5.56 Å². The second kappa shape index (κ2) is 4.86. The van der Waals surface area contributed by atoms with Crippen LogP contribution >= 0.6 is 11.6 Å². The highest BCUT2D eigenvalue weighted by Crippen LogP contribution is 2.23. The molecule has 0 fully saturated rings. The fourth-order valence-corrected chi connectivity index (χ4v) is 1.52. The molecule has 0 aliphatic heterocycles. The van der Waals surface area contributed by atoms with Crippen molar-refractivity contribution in [2.75, 3.05) is 5.32 Å². The largest absolute Gasteiger partial charge is 0.506 e. The van der Waals surface area contributed by atoms with E-state index in [1.165, 1.54) is 0 Å². The Balaban J connectivity index is 2.03. The van der Waals surface area contributed by atoms with Gasteiger partial charge in [0.2, 0.25) is 0 Å². The number of hydrogen-bond acceptors (Lipinski definition) is 3. The standard InChI is InChI=1S/C12H11ClN2O/c13-10-7-9(4-5-11(10)16)8-15-12-3-1-2-6-14-12/h1-7,16H,8H2,(H,14,15).